The summed E-state index contributed by atoms with van der Waals surface area (Å²) in [7, 11) is 0. The van der Waals surface area contributed by atoms with E-state index in [2.05, 4.69) is 10.3 Å². The van der Waals surface area contributed by atoms with Crippen molar-refractivity contribution in [1.29, 1.82) is 0 Å². The van der Waals surface area contributed by atoms with Crippen LogP contribution in [0.5, 0.6) is 0 Å². The molecule has 2 aromatic rings. The smallest absolute Gasteiger partial charge is 0.275 e. The highest BCUT2D eigenvalue weighted by Gasteiger charge is 2.22. The van der Waals surface area contributed by atoms with Gasteiger partial charge in [0.25, 0.3) is 5.91 Å². The molecule has 1 heterocycles. The number of carbonyl (C=O) groups excluding carboxylic acids is 1. The van der Waals surface area contributed by atoms with Gasteiger partial charge in [0.2, 0.25) is 0 Å². The van der Waals surface area contributed by atoms with Gasteiger partial charge < -0.3 is 5.32 Å². The van der Waals surface area contributed by atoms with Gasteiger partial charge in [0.15, 0.2) is 0 Å². The van der Waals surface area contributed by atoms with Crippen molar-refractivity contribution in [1.82, 2.24) is 5.32 Å². The molecule has 1 N–H and O–H groups in total. The van der Waals surface area contributed by atoms with Crippen LogP contribution >= 0.6 is 11.6 Å². The van der Waals surface area contributed by atoms with Gasteiger partial charge in [-0.3, -0.25) is 4.79 Å². The molecule has 0 spiro atoms. The van der Waals surface area contributed by atoms with Gasteiger partial charge in [0.05, 0.1) is 5.02 Å². The zero-order valence-corrected chi connectivity index (χ0v) is 11.6. The maximum Gasteiger partial charge on any atom is 0.275 e. The Morgan fingerprint density at radius 2 is 1.81 bits per heavy atom. The van der Waals surface area contributed by atoms with E-state index in [1.165, 1.54) is 12.1 Å². The number of hydrogen-bond acceptors (Lipinski definition) is 2. The number of nitrogens with one attached hydrogen (secondary N) is 1. The van der Waals surface area contributed by atoms with Crippen LogP contribution in [-0.2, 0) is 4.79 Å². The van der Waals surface area contributed by atoms with Gasteiger partial charge in [-0.1, -0.05) is 41.9 Å². The van der Waals surface area contributed by atoms with E-state index in [9.17, 15) is 9.18 Å². The van der Waals surface area contributed by atoms with Gasteiger partial charge in [0, 0.05) is 11.1 Å². The minimum absolute atomic E-state index is 0.148. The molecule has 1 aliphatic heterocycles. The summed E-state index contributed by atoms with van der Waals surface area (Å²) in [6.45, 7) is 0. The summed E-state index contributed by atoms with van der Waals surface area (Å²) < 4.78 is 13.6. The zero-order valence-electron chi connectivity index (χ0n) is 10.8. The lowest BCUT2D eigenvalue weighted by Crippen LogP contribution is -2.24. The summed E-state index contributed by atoms with van der Waals surface area (Å²) in [6.07, 6.45) is 1.41. The maximum absolute atomic E-state index is 13.6. The van der Waals surface area contributed by atoms with E-state index in [1.807, 2.05) is 0 Å². The molecule has 2 aromatic carbocycles. The molecule has 0 aromatic heterocycles. The Kier molecular flexibility index (Phi) is 3.54. The molecule has 0 fully saturated rings. The number of rotatable bonds is 2. The quantitative estimate of drug-likeness (QED) is 0.849. The average molecular weight is 301 g/mol. The predicted octanol–water partition coefficient (Wildman–Crippen LogP) is 3.40. The second-order valence-corrected chi connectivity index (χ2v) is 4.85. The van der Waals surface area contributed by atoms with Crippen LogP contribution in [0.15, 0.2) is 59.2 Å². The lowest BCUT2D eigenvalue weighted by molar-refractivity contribution is -0.115. The third kappa shape index (κ3) is 2.71. The van der Waals surface area contributed by atoms with Crippen LogP contribution < -0.4 is 5.32 Å². The molecule has 0 unspecified atom stereocenters. The fourth-order valence-electron chi connectivity index (χ4n) is 1.99. The molecule has 5 heteroatoms. The number of nitrogens with zero attached hydrogens (tertiary/aromatic N) is 1. The molecular formula is C16H10ClFN2O. The molecule has 0 radical (unpaired) electrons. The Morgan fingerprint density at radius 3 is 2.57 bits per heavy atom. The molecule has 0 atom stereocenters. The summed E-state index contributed by atoms with van der Waals surface area (Å²) in [5.74, 6) is -0.416. The van der Waals surface area contributed by atoms with Gasteiger partial charge >= 0.3 is 0 Å². The molecule has 21 heavy (non-hydrogen) atoms. The molecule has 0 saturated carbocycles. The fraction of sp³-hybridized carbons (Fsp3) is 0. The second-order valence-electron chi connectivity index (χ2n) is 4.45. The molecule has 1 amide bonds. The Balaban J connectivity index is 2.00. The van der Waals surface area contributed by atoms with Crippen molar-refractivity contribution in [2.75, 3.05) is 0 Å². The Bertz CT molecular complexity index is 783. The summed E-state index contributed by atoms with van der Waals surface area (Å²) >= 11 is 6.07. The van der Waals surface area contributed by atoms with E-state index >= 15 is 0 Å². The first kappa shape index (κ1) is 13.5. The number of aliphatic imine (C=N–C) groups is 1. The maximum atomic E-state index is 13.6. The summed E-state index contributed by atoms with van der Waals surface area (Å²) in [6, 6.07) is 13.3. The minimum atomic E-state index is -0.404. The number of amidine groups is 1. The molecule has 0 aliphatic carbocycles. The van der Waals surface area contributed by atoms with Crippen molar-refractivity contribution in [2.45, 2.75) is 0 Å². The van der Waals surface area contributed by atoms with Crippen molar-refractivity contribution in [2.24, 2.45) is 4.99 Å². The monoisotopic (exact) mass is 300 g/mol. The zero-order chi connectivity index (χ0) is 14.8. The van der Waals surface area contributed by atoms with Gasteiger partial charge in [0.1, 0.15) is 17.3 Å². The van der Waals surface area contributed by atoms with E-state index < -0.39 is 5.82 Å². The van der Waals surface area contributed by atoms with Crippen LogP contribution in [0.3, 0.4) is 0 Å². The van der Waals surface area contributed by atoms with Crippen LogP contribution in [-0.4, -0.2) is 11.7 Å². The van der Waals surface area contributed by atoms with Crippen LogP contribution in [0.25, 0.3) is 6.08 Å². The highest BCUT2D eigenvalue weighted by molar-refractivity contribution is 6.35. The largest absolute Gasteiger partial charge is 0.305 e. The lowest BCUT2D eigenvalue weighted by atomic mass is 10.2. The van der Waals surface area contributed by atoms with Crippen molar-refractivity contribution < 1.29 is 9.18 Å². The normalized spacial score (nSPS) is 16.0. The van der Waals surface area contributed by atoms with Gasteiger partial charge in [-0.2, -0.15) is 0 Å². The van der Waals surface area contributed by atoms with E-state index in [4.69, 9.17) is 11.6 Å². The van der Waals surface area contributed by atoms with Crippen molar-refractivity contribution in [3.8, 4) is 0 Å². The minimum Gasteiger partial charge on any atom is -0.305 e. The molecule has 104 valence electrons. The summed E-state index contributed by atoms with van der Waals surface area (Å²) in [4.78, 5) is 16.1. The van der Waals surface area contributed by atoms with Crippen molar-refractivity contribution in [3.05, 3.63) is 76.2 Å². The Labute approximate surface area is 125 Å². The third-order valence-electron chi connectivity index (χ3n) is 3.02. The second kappa shape index (κ2) is 5.50. The average Bonchev–Trinajstić information content (AvgIpc) is 2.83. The highest BCUT2D eigenvalue weighted by atomic mass is 35.5. The topological polar surface area (TPSA) is 41.5 Å². The van der Waals surface area contributed by atoms with E-state index in [1.54, 1.807) is 42.5 Å². The molecule has 3 nitrogen and oxygen atoms in total. The molecular weight excluding hydrogens is 291 g/mol. The van der Waals surface area contributed by atoms with Crippen LogP contribution in [0.2, 0.25) is 5.02 Å². The first-order valence-electron chi connectivity index (χ1n) is 6.26. The number of hydrogen-bond donors (Lipinski definition) is 1. The Morgan fingerprint density at radius 1 is 1.10 bits per heavy atom. The van der Waals surface area contributed by atoms with E-state index in [0.29, 0.717) is 22.0 Å². The first-order chi connectivity index (χ1) is 10.1. The van der Waals surface area contributed by atoms with Gasteiger partial charge in [-0.15, -0.1) is 0 Å². The summed E-state index contributed by atoms with van der Waals surface area (Å²) in [5.41, 5.74) is 1.09. The number of amides is 1. The van der Waals surface area contributed by atoms with Gasteiger partial charge in [-0.25, -0.2) is 9.38 Å². The summed E-state index contributed by atoms with van der Waals surface area (Å²) in [5, 5.41) is 3.13. The third-order valence-corrected chi connectivity index (χ3v) is 3.35. The molecule has 3 rings (SSSR count). The lowest BCUT2D eigenvalue weighted by Gasteiger charge is -2.01. The number of halogens is 2. The van der Waals surface area contributed by atoms with Crippen molar-refractivity contribution >= 4 is 29.4 Å². The predicted molar refractivity (Wildman–Crippen MR) is 80.5 cm³/mol. The standard InChI is InChI=1S/C16H10ClFN2O/c17-12-7-3-2-6-11(12)15-19-14(16(21)20-15)9-10-5-1-4-8-13(10)18/h1-9H,(H,19,20,21)/b14-9-. The molecule has 1 aliphatic rings. The number of benzene rings is 2. The van der Waals surface area contributed by atoms with E-state index in [-0.39, 0.29) is 11.6 Å². The van der Waals surface area contributed by atoms with Gasteiger partial charge in [-0.05, 0) is 24.3 Å². The fourth-order valence-corrected chi connectivity index (χ4v) is 2.21. The van der Waals surface area contributed by atoms with Crippen LogP contribution in [0, 0.1) is 5.82 Å². The Hall–Kier alpha value is -2.46. The SMILES string of the molecule is O=C1NC(c2ccccc2Cl)=N/C1=C\c1ccccc1F. The molecule has 0 bridgehead atoms. The van der Waals surface area contributed by atoms with E-state index in [0.717, 1.165) is 0 Å². The van der Waals surface area contributed by atoms with Crippen LogP contribution in [0.1, 0.15) is 11.1 Å². The first-order valence-corrected chi connectivity index (χ1v) is 6.64. The van der Waals surface area contributed by atoms with Crippen LogP contribution in [0.4, 0.5) is 4.39 Å². The number of carbonyl (C=O) groups is 1. The highest BCUT2D eigenvalue weighted by Crippen LogP contribution is 2.20. The van der Waals surface area contributed by atoms with Crippen molar-refractivity contribution in [3.63, 3.8) is 0 Å². The molecule has 0 saturated heterocycles.